The van der Waals surface area contributed by atoms with Crippen molar-refractivity contribution in [3.63, 3.8) is 0 Å². The maximum atomic E-state index is 12.6. The van der Waals surface area contributed by atoms with E-state index in [0.717, 1.165) is 11.3 Å². The van der Waals surface area contributed by atoms with Gasteiger partial charge in [-0.15, -0.1) is 0 Å². The van der Waals surface area contributed by atoms with Crippen molar-refractivity contribution in [1.82, 2.24) is 9.97 Å². The van der Waals surface area contributed by atoms with E-state index in [0.29, 0.717) is 5.95 Å². The summed E-state index contributed by atoms with van der Waals surface area (Å²) >= 11 is 0. The van der Waals surface area contributed by atoms with E-state index < -0.39 is 0 Å². The van der Waals surface area contributed by atoms with Gasteiger partial charge < -0.3 is 10.7 Å². The lowest BCUT2D eigenvalue weighted by Crippen LogP contribution is -1.84. The number of nitrogens with one attached hydrogen (secondary N) is 1. The van der Waals surface area contributed by atoms with Crippen molar-refractivity contribution in [1.29, 1.82) is 0 Å². The van der Waals surface area contributed by atoms with Gasteiger partial charge in [0.15, 0.2) is 5.95 Å². The number of anilines is 1. The van der Waals surface area contributed by atoms with Crippen molar-refractivity contribution >= 4 is 18.1 Å². The molecule has 0 aliphatic heterocycles. The quantitative estimate of drug-likeness (QED) is 0.786. The Morgan fingerprint density at radius 1 is 1.20 bits per heavy atom. The van der Waals surface area contributed by atoms with Gasteiger partial charge in [-0.3, -0.25) is 0 Å². The molecular formula is C11H10FN3. The molecular weight excluding hydrogens is 193 g/mol. The SMILES string of the molecule is Nc1ncc(/C=C/c2ccc(F)cc2)[nH]1. The molecule has 1 aromatic heterocycles. The highest BCUT2D eigenvalue weighted by atomic mass is 19.1. The lowest BCUT2D eigenvalue weighted by molar-refractivity contribution is 0.628. The van der Waals surface area contributed by atoms with Crippen LogP contribution >= 0.6 is 0 Å². The van der Waals surface area contributed by atoms with Gasteiger partial charge in [0.25, 0.3) is 0 Å². The maximum absolute atomic E-state index is 12.6. The van der Waals surface area contributed by atoms with Gasteiger partial charge in [-0.1, -0.05) is 18.2 Å². The van der Waals surface area contributed by atoms with Gasteiger partial charge in [-0.2, -0.15) is 0 Å². The van der Waals surface area contributed by atoms with Crippen LogP contribution in [0.5, 0.6) is 0 Å². The van der Waals surface area contributed by atoms with Crippen molar-refractivity contribution in [3.8, 4) is 0 Å². The van der Waals surface area contributed by atoms with Crippen molar-refractivity contribution in [3.05, 3.63) is 47.5 Å². The molecule has 0 radical (unpaired) electrons. The van der Waals surface area contributed by atoms with E-state index in [2.05, 4.69) is 9.97 Å². The molecule has 1 heterocycles. The van der Waals surface area contributed by atoms with E-state index in [1.54, 1.807) is 18.3 Å². The second-order valence-electron chi connectivity index (χ2n) is 3.11. The zero-order chi connectivity index (χ0) is 10.7. The monoisotopic (exact) mass is 203 g/mol. The Kier molecular flexibility index (Phi) is 2.49. The van der Waals surface area contributed by atoms with Gasteiger partial charge in [0.05, 0.1) is 11.9 Å². The fourth-order valence-electron chi connectivity index (χ4n) is 1.20. The lowest BCUT2D eigenvalue weighted by Gasteiger charge is -1.91. The second kappa shape index (κ2) is 3.96. The highest BCUT2D eigenvalue weighted by Gasteiger charge is 1.92. The molecule has 2 rings (SSSR count). The van der Waals surface area contributed by atoms with Gasteiger partial charge in [-0.05, 0) is 23.8 Å². The predicted molar refractivity (Wildman–Crippen MR) is 58.3 cm³/mol. The van der Waals surface area contributed by atoms with Gasteiger partial charge in [-0.25, -0.2) is 9.37 Å². The van der Waals surface area contributed by atoms with Gasteiger partial charge >= 0.3 is 0 Å². The number of nitrogens with zero attached hydrogens (tertiary/aromatic N) is 1. The number of aromatic nitrogens is 2. The number of hydrogen-bond acceptors (Lipinski definition) is 2. The van der Waals surface area contributed by atoms with Crippen molar-refractivity contribution in [2.75, 3.05) is 5.73 Å². The van der Waals surface area contributed by atoms with Crippen LogP contribution in [0.1, 0.15) is 11.3 Å². The number of imidazole rings is 1. The Labute approximate surface area is 86.5 Å². The van der Waals surface area contributed by atoms with Crippen LogP contribution < -0.4 is 5.73 Å². The maximum Gasteiger partial charge on any atom is 0.197 e. The summed E-state index contributed by atoms with van der Waals surface area (Å²) in [5.41, 5.74) is 7.15. The van der Waals surface area contributed by atoms with Crippen LogP contribution in [-0.4, -0.2) is 9.97 Å². The first kappa shape index (κ1) is 9.45. The Morgan fingerprint density at radius 3 is 2.53 bits per heavy atom. The Morgan fingerprint density at radius 2 is 1.93 bits per heavy atom. The summed E-state index contributed by atoms with van der Waals surface area (Å²) in [6, 6.07) is 6.24. The zero-order valence-electron chi connectivity index (χ0n) is 7.94. The molecule has 3 N–H and O–H groups in total. The number of halogens is 1. The van der Waals surface area contributed by atoms with Crippen molar-refractivity contribution in [2.45, 2.75) is 0 Å². The predicted octanol–water partition coefficient (Wildman–Crippen LogP) is 2.30. The van der Waals surface area contributed by atoms with E-state index in [-0.39, 0.29) is 5.82 Å². The van der Waals surface area contributed by atoms with Crippen LogP contribution in [0.25, 0.3) is 12.2 Å². The highest BCUT2D eigenvalue weighted by molar-refractivity contribution is 5.68. The Bertz CT molecular complexity index is 471. The molecule has 0 aliphatic carbocycles. The molecule has 15 heavy (non-hydrogen) atoms. The van der Waals surface area contributed by atoms with E-state index >= 15 is 0 Å². The Balaban J connectivity index is 2.14. The number of nitrogen functional groups attached to an aromatic ring is 1. The minimum Gasteiger partial charge on any atom is -0.369 e. The van der Waals surface area contributed by atoms with Crippen molar-refractivity contribution < 1.29 is 4.39 Å². The molecule has 0 aliphatic rings. The normalized spacial score (nSPS) is 11.0. The fraction of sp³-hybridized carbons (Fsp3) is 0. The molecule has 0 unspecified atom stereocenters. The molecule has 0 bridgehead atoms. The minimum atomic E-state index is -0.238. The number of hydrogen-bond donors (Lipinski definition) is 2. The average molecular weight is 203 g/mol. The summed E-state index contributed by atoms with van der Waals surface area (Å²) in [5.74, 6) is 0.145. The third kappa shape index (κ3) is 2.43. The standard InChI is InChI=1S/C11H10FN3/c12-9-4-1-8(2-5-9)3-6-10-7-14-11(13)15-10/h1-7H,(H3,13,14,15)/b6-3+. The first-order valence-electron chi connectivity index (χ1n) is 4.48. The minimum absolute atomic E-state index is 0.238. The lowest BCUT2D eigenvalue weighted by atomic mass is 10.2. The third-order valence-electron chi connectivity index (χ3n) is 1.94. The molecule has 0 fully saturated rings. The first-order valence-corrected chi connectivity index (χ1v) is 4.48. The van der Waals surface area contributed by atoms with Crippen LogP contribution in [-0.2, 0) is 0 Å². The smallest absolute Gasteiger partial charge is 0.197 e. The van der Waals surface area contributed by atoms with Crippen LogP contribution in [0.2, 0.25) is 0 Å². The van der Waals surface area contributed by atoms with Crippen LogP contribution in [0.3, 0.4) is 0 Å². The Hall–Kier alpha value is -2.10. The topological polar surface area (TPSA) is 54.7 Å². The third-order valence-corrected chi connectivity index (χ3v) is 1.94. The molecule has 0 saturated heterocycles. The van der Waals surface area contributed by atoms with Crippen molar-refractivity contribution in [2.24, 2.45) is 0 Å². The largest absolute Gasteiger partial charge is 0.369 e. The number of H-pyrrole nitrogens is 1. The van der Waals surface area contributed by atoms with E-state index in [1.165, 1.54) is 12.1 Å². The van der Waals surface area contributed by atoms with E-state index in [9.17, 15) is 4.39 Å². The van der Waals surface area contributed by atoms with Gasteiger partial charge in [0.1, 0.15) is 5.82 Å². The first-order chi connectivity index (χ1) is 7.24. The molecule has 4 heteroatoms. The second-order valence-corrected chi connectivity index (χ2v) is 3.11. The molecule has 2 aromatic rings. The number of aromatic amines is 1. The molecule has 0 saturated carbocycles. The molecule has 3 nitrogen and oxygen atoms in total. The number of rotatable bonds is 2. The number of nitrogens with two attached hydrogens (primary N) is 1. The van der Waals surface area contributed by atoms with Crippen LogP contribution in [0.15, 0.2) is 30.5 Å². The van der Waals surface area contributed by atoms with Gasteiger partial charge in [0.2, 0.25) is 0 Å². The number of benzene rings is 1. The molecule has 0 amide bonds. The summed E-state index contributed by atoms with van der Waals surface area (Å²) < 4.78 is 12.6. The summed E-state index contributed by atoms with van der Waals surface area (Å²) in [6.45, 7) is 0. The summed E-state index contributed by atoms with van der Waals surface area (Å²) in [4.78, 5) is 6.72. The molecule has 0 atom stereocenters. The molecule has 1 aromatic carbocycles. The van der Waals surface area contributed by atoms with E-state index in [4.69, 9.17) is 5.73 Å². The van der Waals surface area contributed by atoms with Gasteiger partial charge in [0, 0.05) is 0 Å². The fourth-order valence-corrected chi connectivity index (χ4v) is 1.20. The van der Waals surface area contributed by atoms with Crippen LogP contribution in [0.4, 0.5) is 10.3 Å². The molecule has 76 valence electrons. The van der Waals surface area contributed by atoms with E-state index in [1.807, 2.05) is 12.2 Å². The highest BCUT2D eigenvalue weighted by Crippen LogP contribution is 2.08. The summed E-state index contributed by atoms with van der Waals surface area (Å²) in [5, 5.41) is 0. The van der Waals surface area contributed by atoms with Crippen LogP contribution in [0, 0.1) is 5.82 Å². The zero-order valence-corrected chi connectivity index (χ0v) is 7.94. The summed E-state index contributed by atoms with van der Waals surface area (Å²) in [7, 11) is 0. The average Bonchev–Trinajstić information content (AvgIpc) is 2.64. The molecule has 0 spiro atoms. The summed E-state index contributed by atoms with van der Waals surface area (Å²) in [6.07, 6.45) is 5.32.